The van der Waals surface area contributed by atoms with Gasteiger partial charge in [0.2, 0.25) is 5.91 Å². The number of nitrogens with one attached hydrogen (secondary N) is 2. The molecule has 90 valence electrons. The Morgan fingerprint density at radius 3 is 3.00 bits per heavy atom. The van der Waals surface area contributed by atoms with E-state index >= 15 is 0 Å². The van der Waals surface area contributed by atoms with Crippen molar-refractivity contribution in [2.75, 3.05) is 11.9 Å². The molecule has 17 heavy (non-hydrogen) atoms. The summed E-state index contributed by atoms with van der Waals surface area (Å²) in [6.07, 6.45) is 2.76. The number of anilines is 1. The van der Waals surface area contributed by atoms with Gasteiger partial charge in [0.05, 0.1) is 12.3 Å². The molecule has 1 aromatic heterocycles. The number of rotatable bonds is 4. The molecule has 2 aromatic rings. The number of hydrogen-bond acceptors (Lipinski definition) is 2. The largest absolute Gasteiger partial charge is 0.494 e. The highest BCUT2D eigenvalue weighted by molar-refractivity contribution is 6.01. The third kappa shape index (κ3) is 2.58. The summed E-state index contributed by atoms with van der Waals surface area (Å²) in [7, 11) is 0. The Hall–Kier alpha value is -1.97. The van der Waals surface area contributed by atoms with Crippen LogP contribution in [0, 0.1) is 0 Å². The standard InChI is InChI=1S/C13H16N2O2/c1-3-6-17-10-4-5-12-11(7-10)13(8-14-12)15-9(2)16/h4-5,7-8,14H,3,6H2,1-2H3,(H,15,16). The fourth-order valence-corrected chi connectivity index (χ4v) is 1.70. The molecule has 0 aliphatic carbocycles. The molecule has 0 aliphatic heterocycles. The maximum atomic E-state index is 11.1. The Bertz CT molecular complexity index is 531. The van der Waals surface area contributed by atoms with Crippen LogP contribution in [0.4, 0.5) is 5.69 Å². The van der Waals surface area contributed by atoms with Crippen LogP contribution in [0.15, 0.2) is 24.4 Å². The van der Waals surface area contributed by atoms with Gasteiger partial charge in [-0.3, -0.25) is 4.79 Å². The van der Waals surface area contributed by atoms with Gasteiger partial charge in [0.25, 0.3) is 0 Å². The maximum absolute atomic E-state index is 11.1. The number of amides is 1. The van der Waals surface area contributed by atoms with Crippen molar-refractivity contribution in [3.05, 3.63) is 24.4 Å². The van der Waals surface area contributed by atoms with Crippen molar-refractivity contribution in [1.29, 1.82) is 0 Å². The van der Waals surface area contributed by atoms with Gasteiger partial charge < -0.3 is 15.0 Å². The van der Waals surface area contributed by atoms with E-state index < -0.39 is 0 Å². The molecule has 4 nitrogen and oxygen atoms in total. The van der Waals surface area contributed by atoms with Gasteiger partial charge in [-0.15, -0.1) is 0 Å². The summed E-state index contributed by atoms with van der Waals surface area (Å²) < 4.78 is 5.57. The van der Waals surface area contributed by atoms with E-state index in [1.54, 1.807) is 6.20 Å². The van der Waals surface area contributed by atoms with Crippen LogP contribution in [0.3, 0.4) is 0 Å². The van der Waals surface area contributed by atoms with Gasteiger partial charge >= 0.3 is 0 Å². The first-order chi connectivity index (χ1) is 8.20. The minimum atomic E-state index is -0.0780. The molecule has 0 saturated carbocycles. The van der Waals surface area contributed by atoms with Crippen LogP contribution in [-0.4, -0.2) is 17.5 Å². The van der Waals surface area contributed by atoms with E-state index in [1.165, 1.54) is 6.92 Å². The highest BCUT2D eigenvalue weighted by Gasteiger charge is 2.06. The van der Waals surface area contributed by atoms with E-state index in [4.69, 9.17) is 4.74 Å². The molecule has 0 saturated heterocycles. The van der Waals surface area contributed by atoms with Gasteiger partial charge in [0, 0.05) is 24.0 Å². The zero-order chi connectivity index (χ0) is 12.3. The Labute approximate surface area is 100.0 Å². The highest BCUT2D eigenvalue weighted by Crippen LogP contribution is 2.27. The first-order valence-electron chi connectivity index (χ1n) is 5.72. The van der Waals surface area contributed by atoms with Crippen LogP contribution in [0.1, 0.15) is 20.3 Å². The topological polar surface area (TPSA) is 54.1 Å². The SMILES string of the molecule is CCCOc1ccc2[nH]cc(NC(C)=O)c2c1. The van der Waals surface area contributed by atoms with Gasteiger partial charge in [-0.05, 0) is 24.6 Å². The van der Waals surface area contributed by atoms with E-state index in [9.17, 15) is 4.79 Å². The molecule has 1 amide bonds. The first kappa shape index (κ1) is 11.5. The predicted molar refractivity (Wildman–Crippen MR) is 68.4 cm³/mol. The number of carbonyl (C=O) groups is 1. The molecule has 0 radical (unpaired) electrons. The molecule has 0 atom stereocenters. The summed E-state index contributed by atoms with van der Waals surface area (Å²) in [4.78, 5) is 14.2. The van der Waals surface area contributed by atoms with Crippen molar-refractivity contribution >= 4 is 22.5 Å². The number of carbonyl (C=O) groups excluding carboxylic acids is 1. The number of aromatic nitrogens is 1. The summed E-state index contributed by atoms with van der Waals surface area (Å²) in [6, 6.07) is 5.81. The Balaban J connectivity index is 2.32. The van der Waals surface area contributed by atoms with Crippen molar-refractivity contribution in [2.45, 2.75) is 20.3 Å². The summed E-state index contributed by atoms with van der Waals surface area (Å²) in [5.41, 5.74) is 1.77. The second-order valence-corrected chi connectivity index (χ2v) is 3.94. The molecule has 2 rings (SSSR count). The molecule has 0 spiro atoms. The van der Waals surface area contributed by atoms with Gasteiger partial charge in [-0.2, -0.15) is 0 Å². The van der Waals surface area contributed by atoms with E-state index in [1.807, 2.05) is 18.2 Å². The fourth-order valence-electron chi connectivity index (χ4n) is 1.70. The highest BCUT2D eigenvalue weighted by atomic mass is 16.5. The van der Waals surface area contributed by atoms with Crippen molar-refractivity contribution in [2.24, 2.45) is 0 Å². The molecule has 1 aromatic carbocycles. The first-order valence-corrected chi connectivity index (χ1v) is 5.72. The van der Waals surface area contributed by atoms with Crippen LogP contribution < -0.4 is 10.1 Å². The molecule has 4 heteroatoms. The summed E-state index contributed by atoms with van der Waals surface area (Å²) >= 11 is 0. The summed E-state index contributed by atoms with van der Waals surface area (Å²) in [6.45, 7) is 4.26. The lowest BCUT2D eigenvalue weighted by Crippen LogP contribution is -2.04. The fraction of sp³-hybridized carbons (Fsp3) is 0.308. The Morgan fingerprint density at radius 2 is 2.29 bits per heavy atom. The second-order valence-electron chi connectivity index (χ2n) is 3.94. The number of H-pyrrole nitrogens is 1. The number of benzene rings is 1. The molecule has 0 unspecified atom stereocenters. The molecule has 0 fully saturated rings. The Morgan fingerprint density at radius 1 is 1.47 bits per heavy atom. The van der Waals surface area contributed by atoms with Crippen LogP contribution in [-0.2, 0) is 4.79 Å². The smallest absolute Gasteiger partial charge is 0.221 e. The zero-order valence-electron chi connectivity index (χ0n) is 10.0. The van der Waals surface area contributed by atoms with Gasteiger partial charge in [0.15, 0.2) is 0 Å². The summed E-state index contributed by atoms with van der Waals surface area (Å²) in [5.74, 6) is 0.747. The number of fused-ring (bicyclic) bond motifs is 1. The second kappa shape index (κ2) is 4.91. The minimum absolute atomic E-state index is 0.0780. The molecule has 2 N–H and O–H groups in total. The van der Waals surface area contributed by atoms with Crippen molar-refractivity contribution in [1.82, 2.24) is 4.98 Å². The maximum Gasteiger partial charge on any atom is 0.221 e. The number of ether oxygens (including phenoxy) is 1. The van der Waals surface area contributed by atoms with Crippen molar-refractivity contribution < 1.29 is 9.53 Å². The predicted octanol–water partition coefficient (Wildman–Crippen LogP) is 2.92. The Kier molecular flexibility index (Phi) is 3.32. The van der Waals surface area contributed by atoms with Crippen LogP contribution >= 0.6 is 0 Å². The molecule has 0 aliphatic rings. The van der Waals surface area contributed by atoms with E-state index in [0.717, 1.165) is 28.8 Å². The van der Waals surface area contributed by atoms with Crippen LogP contribution in [0.2, 0.25) is 0 Å². The third-order valence-electron chi connectivity index (χ3n) is 2.44. The van der Waals surface area contributed by atoms with Crippen LogP contribution in [0.5, 0.6) is 5.75 Å². The lowest BCUT2D eigenvalue weighted by molar-refractivity contribution is -0.114. The van der Waals surface area contributed by atoms with E-state index in [0.29, 0.717) is 6.61 Å². The monoisotopic (exact) mass is 232 g/mol. The zero-order valence-corrected chi connectivity index (χ0v) is 10.0. The van der Waals surface area contributed by atoms with Crippen molar-refractivity contribution in [3.8, 4) is 5.75 Å². The molecular formula is C13H16N2O2. The van der Waals surface area contributed by atoms with Crippen molar-refractivity contribution in [3.63, 3.8) is 0 Å². The third-order valence-corrected chi connectivity index (χ3v) is 2.44. The lowest BCUT2D eigenvalue weighted by Gasteiger charge is -2.05. The average Bonchev–Trinajstić information content (AvgIpc) is 2.69. The lowest BCUT2D eigenvalue weighted by atomic mass is 10.2. The minimum Gasteiger partial charge on any atom is -0.494 e. The van der Waals surface area contributed by atoms with Gasteiger partial charge in [0.1, 0.15) is 5.75 Å². The average molecular weight is 232 g/mol. The van der Waals surface area contributed by atoms with Gasteiger partial charge in [-0.1, -0.05) is 6.92 Å². The quantitative estimate of drug-likeness (QED) is 0.851. The van der Waals surface area contributed by atoms with Gasteiger partial charge in [-0.25, -0.2) is 0 Å². The molecule has 0 bridgehead atoms. The van der Waals surface area contributed by atoms with Crippen LogP contribution in [0.25, 0.3) is 10.9 Å². The van der Waals surface area contributed by atoms with E-state index in [-0.39, 0.29) is 5.91 Å². The summed E-state index contributed by atoms with van der Waals surface area (Å²) in [5, 5.41) is 3.75. The molecular weight excluding hydrogens is 216 g/mol. The normalized spacial score (nSPS) is 10.5. The number of aromatic amines is 1. The molecule has 1 heterocycles. The van der Waals surface area contributed by atoms with E-state index in [2.05, 4.69) is 17.2 Å². The number of hydrogen-bond donors (Lipinski definition) is 2.